The molecule has 0 radical (unpaired) electrons. The minimum Gasteiger partial charge on any atom is -0.341 e. The zero-order chi connectivity index (χ0) is 19.1. The van der Waals surface area contributed by atoms with Crippen molar-refractivity contribution < 1.29 is 9.59 Å². The summed E-state index contributed by atoms with van der Waals surface area (Å²) < 4.78 is 0. The van der Waals surface area contributed by atoms with E-state index in [0.717, 1.165) is 50.0 Å². The highest BCUT2D eigenvalue weighted by atomic mass is 32.1. The molecule has 2 aromatic rings. The van der Waals surface area contributed by atoms with Crippen LogP contribution in [0.1, 0.15) is 42.5 Å². The van der Waals surface area contributed by atoms with E-state index in [0.29, 0.717) is 6.42 Å². The van der Waals surface area contributed by atoms with Crippen LogP contribution in [-0.4, -0.2) is 36.3 Å². The number of benzene rings is 1. The van der Waals surface area contributed by atoms with Crippen LogP contribution in [0.25, 0.3) is 0 Å². The van der Waals surface area contributed by atoms with Gasteiger partial charge in [0.15, 0.2) is 0 Å². The van der Waals surface area contributed by atoms with Gasteiger partial charge in [-0.1, -0.05) is 23.8 Å². The molecule has 1 aromatic carbocycles. The van der Waals surface area contributed by atoms with Gasteiger partial charge in [-0.3, -0.25) is 9.59 Å². The number of carbonyl (C=O) groups is 2. The van der Waals surface area contributed by atoms with Crippen LogP contribution in [0.15, 0.2) is 41.8 Å². The number of anilines is 1. The van der Waals surface area contributed by atoms with E-state index in [4.69, 9.17) is 0 Å². The molecule has 2 amide bonds. The second-order valence-corrected chi connectivity index (χ2v) is 8.22. The van der Waals surface area contributed by atoms with Crippen LogP contribution in [0.4, 0.5) is 5.69 Å². The van der Waals surface area contributed by atoms with E-state index in [2.05, 4.69) is 11.4 Å². The molecule has 0 atom stereocenters. The molecule has 27 heavy (non-hydrogen) atoms. The van der Waals surface area contributed by atoms with Crippen LogP contribution in [0.5, 0.6) is 0 Å². The lowest BCUT2D eigenvalue weighted by Gasteiger charge is -2.30. The Labute approximate surface area is 165 Å². The van der Waals surface area contributed by atoms with Crippen LogP contribution in [0, 0.1) is 6.92 Å². The minimum absolute atomic E-state index is 0.0285. The van der Waals surface area contributed by atoms with Crippen molar-refractivity contribution in [1.82, 2.24) is 4.90 Å². The van der Waals surface area contributed by atoms with Gasteiger partial charge in [-0.15, -0.1) is 11.3 Å². The molecule has 1 fully saturated rings. The number of piperidine rings is 1. The van der Waals surface area contributed by atoms with E-state index in [1.54, 1.807) is 16.2 Å². The Balaban J connectivity index is 1.65. The second-order valence-electron chi connectivity index (χ2n) is 7.19. The third-order valence-electron chi connectivity index (χ3n) is 5.04. The molecule has 0 spiro atoms. The van der Waals surface area contributed by atoms with Crippen molar-refractivity contribution in [3.05, 3.63) is 52.2 Å². The SMILES string of the molecule is Cc1ccc(N(CC(=O)N2CCCCC2)C(=O)CCCc2cccs2)cc1. The highest BCUT2D eigenvalue weighted by molar-refractivity contribution is 7.09. The molecule has 5 heteroatoms. The number of likely N-dealkylation sites (tertiary alicyclic amines) is 1. The van der Waals surface area contributed by atoms with Gasteiger partial charge in [-0.25, -0.2) is 0 Å². The Kier molecular flexibility index (Phi) is 7.04. The summed E-state index contributed by atoms with van der Waals surface area (Å²) in [6.45, 7) is 3.79. The van der Waals surface area contributed by atoms with Gasteiger partial charge < -0.3 is 9.80 Å². The number of rotatable bonds is 7. The highest BCUT2D eigenvalue weighted by Gasteiger charge is 2.23. The fourth-order valence-corrected chi connectivity index (χ4v) is 4.18. The topological polar surface area (TPSA) is 40.6 Å². The van der Waals surface area contributed by atoms with Gasteiger partial charge in [0.1, 0.15) is 6.54 Å². The van der Waals surface area contributed by atoms with Crippen LogP contribution < -0.4 is 4.90 Å². The normalized spacial score (nSPS) is 14.2. The zero-order valence-electron chi connectivity index (χ0n) is 16.0. The van der Waals surface area contributed by atoms with E-state index in [9.17, 15) is 9.59 Å². The number of thiophene rings is 1. The molecule has 144 valence electrons. The molecule has 2 heterocycles. The monoisotopic (exact) mass is 384 g/mol. The summed E-state index contributed by atoms with van der Waals surface area (Å²) in [5.74, 6) is 0.0858. The first-order chi connectivity index (χ1) is 13.1. The average molecular weight is 385 g/mol. The third kappa shape index (κ3) is 5.67. The third-order valence-corrected chi connectivity index (χ3v) is 5.98. The summed E-state index contributed by atoms with van der Waals surface area (Å²) in [5.41, 5.74) is 1.96. The van der Waals surface area contributed by atoms with E-state index in [1.165, 1.54) is 11.3 Å². The fourth-order valence-electron chi connectivity index (χ4n) is 3.43. The van der Waals surface area contributed by atoms with E-state index < -0.39 is 0 Å². The van der Waals surface area contributed by atoms with Crippen molar-refractivity contribution in [3.63, 3.8) is 0 Å². The van der Waals surface area contributed by atoms with E-state index in [1.807, 2.05) is 42.2 Å². The second kappa shape index (κ2) is 9.70. The number of aryl methyl sites for hydroxylation is 2. The standard InChI is InChI=1S/C22H28N2O2S/c1-18-10-12-19(13-11-18)24(17-22(26)23-14-3-2-4-15-23)21(25)9-5-7-20-8-6-16-27-20/h6,8,10-13,16H,2-5,7,9,14-15,17H2,1H3. The summed E-state index contributed by atoms with van der Waals surface area (Å²) in [7, 11) is 0. The van der Waals surface area contributed by atoms with E-state index >= 15 is 0 Å². The maximum Gasteiger partial charge on any atom is 0.242 e. The van der Waals surface area contributed by atoms with Crippen molar-refractivity contribution in [2.75, 3.05) is 24.5 Å². The predicted octanol–water partition coefficient (Wildman–Crippen LogP) is 4.42. The average Bonchev–Trinajstić information content (AvgIpc) is 3.21. The molecule has 4 nitrogen and oxygen atoms in total. The Bertz CT molecular complexity index is 734. The number of carbonyl (C=O) groups excluding carboxylic acids is 2. The summed E-state index contributed by atoms with van der Waals surface area (Å²) in [6, 6.07) is 12.0. The summed E-state index contributed by atoms with van der Waals surface area (Å²) >= 11 is 1.72. The molecular weight excluding hydrogens is 356 g/mol. The van der Waals surface area contributed by atoms with Gasteiger partial charge >= 0.3 is 0 Å². The number of hydrogen-bond donors (Lipinski definition) is 0. The summed E-state index contributed by atoms with van der Waals surface area (Å²) in [6.07, 6.45) is 5.48. The maximum absolute atomic E-state index is 12.9. The van der Waals surface area contributed by atoms with Gasteiger partial charge in [-0.2, -0.15) is 0 Å². The van der Waals surface area contributed by atoms with Crippen molar-refractivity contribution >= 4 is 28.8 Å². The van der Waals surface area contributed by atoms with Gasteiger partial charge in [0.25, 0.3) is 0 Å². The molecule has 1 aliphatic heterocycles. The van der Waals surface area contributed by atoms with Crippen LogP contribution >= 0.6 is 11.3 Å². The molecule has 3 rings (SSSR count). The Hall–Kier alpha value is -2.14. The number of nitrogens with zero attached hydrogens (tertiary/aromatic N) is 2. The molecule has 1 saturated heterocycles. The molecule has 0 unspecified atom stereocenters. The van der Waals surface area contributed by atoms with E-state index in [-0.39, 0.29) is 18.4 Å². The molecule has 0 saturated carbocycles. The van der Waals surface area contributed by atoms with Crippen molar-refractivity contribution in [3.8, 4) is 0 Å². The molecule has 0 aliphatic carbocycles. The molecule has 1 aromatic heterocycles. The first kappa shape index (κ1) is 19.6. The van der Waals surface area contributed by atoms with Gasteiger partial charge in [0.05, 0.1) is 0 Å². The Morgan fingerprint density at radius 1 is 1.07 bits per heavy atom. The fraction of sp³-hybridized carbons (Fsp3) is 0.455. The molecule has 0 N–H and O–H groups in total. The molecule has 1 aliphatic rings. The first-order valence-electron chi connectivity index (χ1n) is 9.80. The number of amides is 2. The van der Waals surface area contributed by atoms with Gasteiger partial charge in [-0.05, 0) is 62.6 Å². The zero-order valence-corrected chi connectivity index (χ0v) is 16.8. The first-order valence-corrected chi connectivity index (χ1v) is 10.7. The van der Waals surface area contributed by atoms with Crippen LogP contribution in [-0.2, 0) is 16.0 Å². The highest BCUT2D eigenvalue weighted by Crippen LogP contribution is 2.19. The van der Waals surface area contributed by atoms with Crippen molar-refractivity contribution in [2.24, 2.45) is 0 Å². The lowest BCUT2D eigenvalue weighted by Crippen LogP contribution is -2.44. The van der Waals surface area contributed by atoms with Crippen molar-refractivity contribution in [1.29, 1.82) is 0 Å². The maximum atomic E-state index is 12.9. The summed E-state index contributed by atoms with van der Waals surface area (Å²) in [5, 5.41) is 2.06. The summed E-state index contributed by atoms with van der Waals surface area (Å²) in [4.78, 5) is 30.6. The van der Waals surface area contributed by atoms with Crippen LogP contribution in [0.2, 0.25) is 0 Å². The van der Waals surface area contributed by atoms with Gasteiger partial charge in [0.2, 0.25) is 11.8 Å². The molecule has 0 bridgehead atoms. The minimum atomic E-state index is 0.0285. The van der Waals surface area contributed by atoms with Gasteiger partial charge in [0, 0.05) is 30.1 Å². The molecular formula is C22H28N2O2S. The predicted molar refractivity (Wildman–Crippen MR) is 111 cm³/mol. The quantitative estimate of drug-likeness (QED) is 0.709. The smallest absolute Gasteiger partial charge is 0.242 e. The Morgan fingerprint density at radius 3 is 2.48 bits per heavy atom. The van der Waals surface area contributed by atoms with Crippen molar-refractivity contribution in [2.45, 2.75) is 45.4 Å². The lowest BCUT2D eigenvalue weighted by molar-refractivity contribution is -0.132. The number of hydrogen-bond acceptors (Lipinski definition) is 3. The Morgan fingerprint density at radius 2 is 1.81 bits per heavy atom. The largest absolute Gasteiger partial charge is 0.341 e. The van der Waals surface area contributed by atoms with Crippen LogP contribution in [0.3, 0.4) is 0 Å². The lowest BCUT2D eigenvalue weighted by atomic mass is 10.1.